The Morgan fingerprint density at radius 1 is 1.35 bits per heavy atom. The van der Waals surface area contributed by atoms with Crippen molar-refractivity contribution in [3.63, 3.8) is 0 Å². The van der Waals surface area contributed by atoms with Crippen molar-refractivity contribution < 1.29 is 0 Å². The molecule has 2 aliphatic heterocycles. The lowest BCUT2D eigenvalue weighted by Crippen LogP contribution is -2.48. The molecule has 1 atom stereocenters. The molecule has 3 rings (SSSR count). The monoisotopic (exact) mass is 450 g/mol. The average molecular weight is 450 g/mol. The molecule has 0 aromatic carbocycles. The fourth-order valence-electron chi connectivity index (χ4n) is 3.06. The van der Waals surface area contributed by atoms with Crippen LogP contribution in [0.3, 0.4) is 0 Å². The van der Waals surface area contributed by atoms with E-state index in [9.17, 15) is 0 Å². The summed E-state index contributed by atoms with van der Waals surface area (Å²) in [4.78, 5) is 7.22. The van der Waals surface area contributed by atoms with Crippen LogP contribution >= 0.6 is 35.7 Å². The van der Waals surface area contributed by atoms with Gasteiger partial charge in [-0.25, -0.2) is 4.99 Å². The van der Waals surface area contributed by atoms with Crippen LogP contribution in [-0.2, 0) is 19.5 Å². The Hall–Kier alpha value is -0.510. The Balaban J connectivity index is 0.00000192. The lowest BCUT2D eigenvalue weighted by molar-refractivity contribution is 0.407. The maximum Gasteiger partial charge on any atom is 0.194 e. The summed E-state index contributed by atoms with van der Waals surface area (Å²) >= 11 is 2.08. The first-order valence-electron chi connectivity index (χ1n) is 8.37. The summed E-state index contributed by atoms with van der Waals surface area (Å²) in [5, 5.41) is 12.7. The van der Waals surface area contributed by atoms with Gasteiger partial charge in [-0.15, -0.1) is 34.2 Å². The second-order valence-corrected chi connectivity index (χ2v) is 7.21. The Labute approximate surface area is 159 Å². The molecule has 130 valence electrons. The summed E-state index contributed by atoms with van der Waals surface area (Å²) in [5.41, 5.74) is 0. The molecule has 0 amide bonds. The zero-order valence-corrected chi connectivity index (χ0v) is 17.1. The fraction of sp³-hybridized carbons (Fsp3) is 0.800. The number of thioether (sulfide) groups is 1. The van der Waals surface area contributed by atoms with E-state index in [1.807, 2.05) is 0 Å². The number of fused-ring (bicyclic) bond motifs is 1. The van der Waals surface area contributed by atoms with Crippen molar-refractivity contribution in [3.05, 3.63) is 11.6 Å². The molecule has 0 aliphatic carbocycles. The van der Waals surface area contributed by atoms with E-state index in [1.54, 1.807) is 0 Å². The van der Waals surface area contributed by atoms with E-state index in [1.165, 1.54) is 18.6 Å². The second-order valence-electron chi connectivity index (χ2n) is 5.80. The van der Waals surface area contributed by atoms with Crippen LogP contribution in [0.1, 0.15) is 38.3 Å². The zero-order chi connectivity index (χ0) is 15.4. The van der Waals surface area contributed by atoms with E-state index in [4.69, 9.17) is 4.99 Å². The minimum Gasteiger partial charge on any atom is -0.357 e. The van der Waals surface area contributed by atoms with Crippen LogP contribution in [0.4, 0.5) is 0 Å². The van der Waals surface area contributed by atoms with Gasteiger partial charge in [0, 0.05) is 43.6 Å². The molecule has 1 saturated heterocycles. The van der Waals surface area contributed by atoms with E-state index in [-0.39, 0.29) is 24.0 Å². The number of aryl methyl sites for hydroxylation is 1. The number of nitrogens with one attached hydrogen (secondary N) is 1. The van der Waals surface area contributed by atoms with Gasteiger partial charge in [-0.1, -0.05) is 6.92 Å². The molecular formula is C15H27IN6S. The number of aromatic nitrogens is 3. The van der Waals surface area contributed by atoms with Crippen LogP contribution in [-0.4, -0.2) is 56.3 Å². The molecular weight excluding hydrogens is 423 g/mol. The summed E-state index contributed by atoms with van der Waals surface area (Å²) in [7, 11) is 0. The number of halogens is 1. The van der Waals surface area contributed by atoms with Gasteiger partial charge in [-0.05, 0) is 19.8 Å². The van der Waals surface area contributed by atoms with Crippen LogP contribution in [0.15, 0.2) is 4.99 Å². The van der Waals surface area contributed by atoms with Crippen LogP contribution in [0.5, 0.6) is 0 Å². The second kappa shape index (κ2) is 9.10. The molecule has 1 unspecified atom stereocenters. The third-order valence-corrected chi connectivity index (χ3v) is 5.66. The van der Waals surface area contributed by atoms with Gasteiger partial charge in [-0.3, -0.25) is 0 Å². The van der Waals surface area contributed by atoms with Crippen LogP contribution < -0.4 is 5.32 Å². The van der Waals surface area contributed by atoms with E-state index in [2.05, 4.69) is 50.6 Å². The number of hydrogen-bond donors (Lipinski definition) is 1. The normalized spacial score (nSPS) is 21.0. The van der Waals surface area contributed by atoms with Crippen molar-refractivity contribution in [3.8, 4) is 0 Å². The summed E-state index contributed by atoms with van der Waals surface area (Å²) in [6, 6.07) is 0. The highest BCUT2D eigenvalue weighted by molar-refractivity contribution is 14.0. The van der Waals surface area contributed by atoms with Crippen molar-refractivity contribution in [2.75, 3.05) is 25.4 Å². The predicted octanol–water partition coefficient (Wildman–Crippen LogP) is 2.14. The topological polar surface area (TPSA) is 58.3 Å². The molecule has 1 aromatic rings. The number of hydrogen-bond acceptors (Lipinski definition) is 4. The van der Waals surface area contributed by atoms with Crippen LogP contribution in [0.25, 0.3) is 0 Å². The maximum absolute atomic E-state index is 4.82. The Morgan fingerprint density at radius 3 is 3.00 bits per heavy atom. The molecule has 8 heteroatoms. The standard InChI is InChI=1S/C15H26N6S.HI/c1-3-12-11-20(8-9-22-12)15(16-4-2)17-10-14-19-18-13-6-5-7-21(13)14;/h12H,3-11H2,1-2H3,(H,16,17);1H. The maximum atomic E-state index is 4.82. The van der Waals surface area contributed by atoms with Gasteiger partial charge in [0.15, 0.2) is 11.8 Å². The predicted molar refractivity (Wildman–Crippen MR) is 107 cm³/mol. The summed E-state index contributed by atoms with van der Waals surface area (Å²) in [6.45, 7) is 9.12. The SMILES string of the molecule is CCNC(=NCc1nnc2n1CCC2)N1CCSC(CC)C1.I. The molecule has 0 radical (unpaired) electrons. The number of rotatable bonds is 4. The van der Waals surface area contributed by atoms with Crippen molar-refractivity contribution >= 4 is 41.7 Å². The van der Waals surface area contributed by atoms with Gasteiger partial charge in [0.05, 0.1) is 0 Å². The number of nitrogens with zero attached hydrogens (tertiary/aromatic N) is 5. The zero-order valence-electron chi connectivity index (χ0n) is 14.0. The van der Waals surface area contributed by atoms with Gasteiger partial charge >= 0.3 is 0 Å². The molecule has 0 saturated carbocycles. The van der Waals surface area contributed by atoms with Gasteiger partial charge in [0.1, 0.15) is 12.4 Å². The van der Waals surface area contributed by atoms with Crippen LogP contribution in [0, 0.1) is 0 Å². The number of aliphatic imine (C=N–C) groups is 1. The Morgan fingerprint density at radius 2 is 2.22 bits per heavy atom. The first-order chi connectivity index (χ1) is 10.8. The van der Waals surface area contributed by atoms with E-state index < -0.39 is 0 Å². The molecule has 0 spiro atoms. The first-order valence-corrected chi connectivity index (χ1v) is 9.42. The van der Waals surface area contributed by atoms with Gasteiger partial charge in [0.25, 0.3) is 0 Å². The van der Waals surface area contributed by atoms with E-state index in [0.717, 1.165) is 55.5 Å². The van der Waals surface area contributed by atoms with Gasteiger partial charge in [0.2, 0.25) is 0 Å². The van der Waals surface area contributed by atoms with Crippen molar-refractivity contribution in [2.45, 2.75) is 51.4 Å². The minimum atomic E-state index is 0. The molecule has 23 heavy (non-hydrogen) atoms. The Kier molecular flexibility index (Phi) is 7.45. The molecule has 2 aliphatic rings. The fourth-order valence-corrected chi connectivity index (χ4v) is 4.24. The van der Waals surface area contributed by atoms with Gasteiger partial charge in [-0.2, -0.15) is 11.8 Å². The lowest BCUT2D eigenvalue weighted by Gasteiger charge is -2.34. The van der Waals surface area contributed by atoms with Gasteiger partial charge < -0.3 is 14.8 Å². The largest absolute Gasteiger partial charge is 0.357 e. The summed E-state index contributed by atoms with van der Waals surface area (Å²) in [6.07, 6.45) is 3.46. The van der Waals surface area contributed by atoms with Crippen molar-refractivity contribution in [1.29, 1.82) is 0 Å². The molecule has 1 aromatic heterocycles. The highest BCUT2D eigenvalue weighted by atomic mass is 127. The third kappa shape index (κ3) is 4.52. The van der Waals surface area contributed by atoms with Crippen molar-refractivity contribution in [2.24, 2.45) is 4.99 Å². The summed E-state index contributed by atoms with van der Waals surface area (Å²) < 4.78 is 2.23. The highest BCUT2D eigenvalue weighted by Gasteiger charge is 2.22. The molecule has 1 fully saturated rings. The molecule has 3 heterocycles. The van der Waals surface area contributed by atoms with Crippen molar-refractivity contribution in [1.82, 2.24) is 25.0 Å². The Bertz CT molecular complexity index is 532. The lowest BCUT2D eigenvalue weighted by atomic mass is 10.3. The first kappa shape index (κ1) is 18.8. The molecule has 1 N–H and O–H groups in total. The third-order valence-electron chi connectivity index (χ3n) is 4.28. The summed E-state index contributed by atoms with van der Waals surface area (Å²) in [5.74, 6) is 4.33. The number of guanidine groups is 1. The van der Waals surface area contributed by atoms with Crippen LogP contribution in [0.2, 0.25) is 0 Å². The highest BCUT2D eigenvalue weighted by Crippen LogP contribution is 2.21. The average Bonchev–Trinajstić information content (AvgIpc) is 3.15. The quantitative estimate of drug-likeness (QED) is 0.433. The smallest absolute Gasteiger partial charge is 0.194 e. The van der Waals surface area contributed by atoms with E-state index >= 15 is 0 Å². The van der Waals surface area contributed by atoms with E-state index in [0.29, 0.717) is 6.54 Å². The molecule has 6 nitrogen and oxygen atoms in total. The molecule has 0 bridgehead atoms. The minimum absolute atomic E-state index is 0.